The van der Waals surface area contributed by atoms with Crippen LogP contribution in [0.1, 0.15) is 12.0 Å². The van der Waals surface area contributed by atoms with Crippen molar-refractivity contribution in [2.24, 2.45) is 10.2 Å². The SMILES string of the molecule is COc1ccc(N=Nc2ccc(CCC(=O)Nc3ccccc3N)cc2)cc1. The normalized spacial score (nSPS) is 10.8. The first kappa shape index (κ1) is 19.1. The third-order valence-electron chi connectivity index (χ3n) is 4.17. The number of nitrogens with zero attached hydrogens (tertiary/aromatic N) is 2. The van der Waals surface area contributed by atoms with E-state index in [-0.39, 0.29) is 5.91 Å². The molecule has 0 heterocycles. The van der Waals surface area contributed by atoms with Crippen LogP contribution in [0.15, 0.2) is 83.0 Å². The van der Waals surface area contributed by atoms with E-state index >= 15 is 0 Å². The molecule has 0 atom stereocenters. The highest BCUT2D eigenvalue weighted by Crippen LogP contribution is 2.22. The van der Waals surface area contributed by atoms with E-state index in [1.165, 1.54) is 0 Å². The fraction of sp³-hybridized carbons (Fsp3) is 0.136. The third-order valence-corrected chi connectivity index (χ3v) is 4.17. The van der Waals surface area contributed by atoms with E-state index < -0.39 is 0 Å². The average Bonchev–Trinajstić information content (AvgIpc) is 2.73. The van der Waals surface area contributed by atoms with E-state index in [0.29, 0.717) is 24.2 Å². The zero-order valence-corrected chi connectivity index (χ0v) is 15.6. The van der Waals surface area contributed by atoms with Crippen LogP contribution >= 0.6 is 0 Å². The summed E-state index contributed by atoms with van der Waals surface area (Å²) in [5.74, 6) is 0.712. The number of aryl methyl sites for hydroxylation is 1. The van der Waals surface area contributed by atoms with E-state index in [9.17, 15) is 4.79 Å². The summed E-state index contributed by atoms with van der Waals surface area (Å²) in [6, 6.07) is 22.2. The number of anilines is 2. The molecule has 3 aromatic rings. The molecule has 28 heavy (non-hydrogen) atoms. The molecule has 0 saturated carbocycles. The van der Waals surface area contributed by atoms with Crippen LogP contribution in [-0.2, 0) is 11.2 Å². The summed E-state index contributed by atoms with van der Waals surface area (Å²) in [5, 5.41) is 11.3. The lowest BCUT2D eigenvalue weighted by molar-refractivity contribution is -0.116. The Morgan fingerprint density at radius 2 is 1.54 bits per heavy atom. The van der Waals surface area contributed by atoms with E-state index in [2.05, 4.69) is 15.5 Å². The molecule has 0 fully saturated rings. The number of rotatable bonds is 7. The van der Waals surface area contributed by atoms with Gasteiger partial charge in [0.25, 0.3) is 0 Å². The second-order valence-corrected chi connectivity index (χ2v) is 6.20. The molecule has 0 radical (unpaired) electrons. The number of ether oxygens (including phenoxy) is 1. The van der Waals surface area contributed by atoms with Gasteiger partial charge in [0.1, 0.15) is 5.75 Å². The van der Waals surface area contributed by atoms with Crippen LogP contribution in [0.4, 0.5) is 22.7 Å². The first-order valence-corrected chi connectivity index (χ1v) is 8.93. The second-order valence-electron chi connectivity index (χ2n) is 6.20. The van der Waals surface area contributed by atoms with Crippen molar-refractivity contribution in [2.45, 2.75) is 12.8 Å². The van der Waals surface area contributed by atoms with Crippen molar-refractivity contribution >= 4 is 28.7 Å². The monoisotopic (exact) mass is 374 g/mol. The number of nitrogens with two attached hydrogens (primary N) is 1. The molecule has 3 N–H and O–H groups in total. The molecule has 0 aliphatic carbocycles. The van der Waals surface area contributed by atoms with Crippen molar-refractivity contribution < 1.29 is 9.53 Å². The Morgan fingerprint density at radius 1 is 0.929 bits per heavy atom. The average molecular weight is 374 g/mol. The van der Waals surface area contributed by atoms with Crippen LogP contribution < -0.4 is 15.8 Å². The maximum Gasteiger partial charge on any atom is 0.224 e. The van der Waals surface area contributed by atoms with Gasteiger partial charge >= 0.3 is 0 Å². The van der Waals surface area contributed by atoms with E-state index in [1.54, 1.807) is 19.2 Å². The molecule has 3 aromatic carbocycles. The molecular formula is C22H22N4O2. The van der Waals surface area contributed by atoms with Crippen molar-refractivity contribution in [3.63, 3.8) is 0 Å². The van der Waals surface area contributed by atoms with Crippen LogP contribution in [0.2, 0.25) is 0 Å². The number of benzene rings is 3. The van der Waals surface area contributed by atoms with Gasteiger partial charge in [0.15, 0.2) is 0 Å². The number of nitrogens with one attached hydrogen (secondary N) is 1. The smallest absolute Gasteiger partial charge is 0.224 e. The summed E-state index contributed by atoms with van der Waals surface area (Å²) in [4.78, 5) is 12.1. The Hall–Kier alpha value is -3.67. The zero-order chi connectivity index (χ0) is 19.8. The molecule has 6 nitrogen and oxygen atoms in total. The molecule has 0 aliphatic rings. The van der Waals surface area contributed by atoms with Gasteiger partial charge in [-0.25, -0.2) is 0 Å². The molecule has 0 unspecified atom stereocenters. The van der Waals surface area contributed by atoms with Gasteiger partial charge in [-0.3, -0.25) is 4.79 Å². The minimum atomic E-state index is -0.0684. The van der Waals surface area contributed by atoms with Gasteiger partial charge in [-0.05, 0) is 60.5 Å². The summed E-state index contributed by atoms with van der Waals surface area (Å²) >= 11 is 0. The zero-order valence-electron chi connectivity index (χ0n) is 15.6. The molecule has 6 heteroatoms. The van der Waals surface area contributed by atoms with Crippen molar-refractivity contribution in [2.75, 3.05) is 18.2 Å². The fourth-order valence-corrected chi connectivity index (χ4v) is 2.58. The summed E-state index contributed by atoms with van der Waals surface area (Å²) in [6.07, 6.45) is 1.01. The second kappa shape index (κ2) is 9.32. The number of carbonyl (C=O) groups is 1. The fourth-order valence-electron chi connectivity index (χ4n) is 2.58. The summed E-state index contributed by atoms with van der Waals surface area (Å²) in [5.41, 5.74) is 9.59. The van der Waals surface area contributed by atoms with Gasteiger partial charge < -0.3 is 15.8 Å². The number of hydrogen-bond donors (Lipinski definition) is 2. The first-order valence-electron chi connectivity index (χ1n) is 8.93. The Morgan fingerprint density at radius 3 is 2.14 bits per heavy atom. The maximum absolute atomic E-state index is 12.1. The van der Waals surface area contributed by atoms with Crippen molar-refractivity contribution in [1.82, 2.24) is 0 Å². The number of hydrogen-bond acceptors (Lipinski definition) is 5. The van der Waals surface area contributed by atoms with Gasteiger partial charge in [0.05, 0.1) is 29.9 Å². The Labute approximate surface area is 164 Å². The predicted molar refractivity (Wildman–Crippen MR) is 111 cm³/mol. The highest BCUT2D eigenvalue weighted by atomic mass is 16.5. The van der Waals surface area contributed by atoms with Gasteiger partial charge in [0, 0.05) is 6.42 Å². The minimum absolute atomic E-state index is 0.0684. The first-order chi connectivity index (χ1) is 13.6. The van der Waals surface area contributed by atoms with E-state index in [0.717, 1.165) is 22.7 Å². The van der Waals surface area contributed by atoms with Crippen LogP contribution in [-0.4, -0.2) is 13.0 Å². The lowest BCUT2D eigenvalue weighted by Crippen LogP contribution is -2.13. The summed E-state index contributed by atoms with van der Waals surface area (Å²) in [7, 11) is 1.62. The number of amides is 1. The van der Waals surface area contributed by atoms with E-state index in [4.69, 9.17) is 10.5 Å². The van der Waals surface area contributed by atoms with Crippen molar-refractivity contribution in [3.05, 3.63) is 78.4 Å². The molecule has 0 spiro atoms. The Bertz CT molecular complexity index is 951. The molecule has 0 bridgehead atoms. The van der Waals surface area contributed by atoms with E-state index in [1.807, 2.05) is 60.7 Å². The number of azo groups is 1. The van der Waals surface area contributed by atoms with Crippen LogP contribution in [0, 0.1) is 0 Å². The molecule has 1 amide bonds. The number of carbonyl (C=O) groups excluding carboxylic acids is 1. The van der Waals surface area contributed by atoms with Crippen LogP contribution in [0.3, 0.4) is 0 Å². The molecule has 142 valence electrons. The topological polar surface area (TPSA) is 89.1 Å². The van der Waals surface area contributed by atoms with Gasteiger partial charge in [0.2, 0.25) is 5.91 Å². The quantitative estimate of drug-likeness (QED) is 0.436. The molecule has 0 saturated heterocycles. The summed E-state index contributed by atoms with van der Waals surface area (Å²) in [6.45, 7) is 0. The Kier molecular flexibility index (Phi) is 6.36. The molecule has 3 rings (SSSR count). The van der Waals surface area contributed by atoms with Crippen LogP contribution in [0.5, 0.6) is 5.75 Å². The highest BCUT2D eigenvalue weighted by molar-refractivity contribution is 5.93. The van der Waals surface area contributed by atoms with Gasteiger partial charge in [-0.1, -0.05) is 24.3 Å². The van der Waals surface area contributed by atoms with Crippen LogP contribution in [0.25, 0.3) is 0 Å². The summed E-state index contributed by atoms with van der Waals surface area (Å²) < 4.78 is 5.12. The lowest BCUT2D eigenvalue weighted by atomic mass is 10.1. The predicted octanol–water partition coefficient (Wildman–Crippen LogP) is 5.26. The minimum Gasteiger partial charge on any atom is -0.497 e. The lowest BCUT2D eigenvalue weighted by Gasteiger charge is -2.07. The standard InChI is InChI=1S/C22H22N4O2/c1-28-19-13-11-18(12-14-19)26-25-17-9-6-16(7-10-17)8-15-22(27)24-21-5-3-2-4-20(21)23/h2-7,9-14H,8,15,23H2,1H3,(H,24,27). The third kappa shape index (κ3) is 5.41. The van der Waals surface area contributed by atoms with Gasteiger partial charge in [-0.2, -0.15) is 10.2 Å². The maximum atomic E-state index is 12.1. The molecule has 0 aliphatic heterocycles. The van der Waals surface area contributed by atoms with Gasteiger partial charge in [-0.15, -0.1) is 0 Å². The Balaban J connectivity index is 1.51. The largest absolute Gasteiger partial charge is 0.497 e. The molecule has 0 aromatic heterocycles. The number of nitrogen functional groups attached to an aromatic ring is 1. The molecular weight excluding hydrogens is 352 g/mol. The van der Waals surface area contributed by atoms with Crippen molar-refractivity contribution in [1.29, 1.82) is 0 Å². The number of methoxy groups -OCH3 is 1. The highest BCUT2D eigenvalue weighted by Gasteiger charge is 2.05. The van der Waals surface area contributed by atoms with Crippen molar-refractivity contribution in [3.8, 4) is 5.75 Å². The number of para-hydroxylation sites is 2.